The minimum atomic E-state index is -0.00468. The van der Waals surface area contributed by atoms with E-state index in [0.717, 1.165) is 22.1 Å². The van der Waals surface area contributed by atoms with Crippen LogP contribution in [0.25, 0.3) is 0 Å². The van der Waals surface area contributed by atoms with E-state index in [2.05, 4.69) is 35.0 Å². The maximum atomic E-state index is 12.5. The van der Waals surface area contributed by atoms with Crippen molar-refractivity contribution in [1.29, 1.82) is 0 Å². The number of carbonyl (C=O) groups is 1. The summed E-state index contributed by atoms with van der Waals surface area (Å²) in [5, 5.41) is 0. The molecule has 0 fully saturated rings. The Morgan fingerprint density at radius 2 is 1.80 bits per heavy atom. The Kier molecular flexibility index (Phi) is 4.61. The lowest BCUT2D eigenvalue weighted by Gasteiger charge is -2.18. The maximum absolute atomic E-state index is 12.5. The van der Waals surface area contributed by atoms with E-state index in [4.69, 9.17) is 0 Å². The number of anilines is 1. The number of benzene rings is 2. The molecule has 0 bridgehead atoms. The number of nitrogens with zero attached hydrogens (tertiary/aromatic N) is 1. The fourth-order valence-electron chi connectivity index (χ4n) is 1.99. The summed E-state index contributed by atoms with van der Waals surface area (Å²) < 4.78 is 0.957. The Morgan fingerprint density at radius 3 is 2.35 bits per heavy atom. The molecule has 0 atom stereocenters. The zero-order valence-electron chi connectivity index (χ0n) is 12.0. The van der Waals surface area contributed by atoms with Crippen LogP contribution in [0.5, 0.6) is 0 Å². The number of amides is 1. The van der Waals surface area contributed by atoms with Crippen LogP contribution in [0.15, 0.2) is 46.9 Å². The molecular weight excluding hydrogens is 314 g/mol. The minimum Gasteiger partial charge on any atom is -0.311 e. The molecule has 0 N–H and O–H groups in total. The van der Waals surface area contributed by atoms with Gasteiger partial charge in [0.1, 0.15) is 0 Å². The fraction of sp³-hybridized carbons (Fsp3) is 0.235. The average Bonchev–Trinajstić information content (AvgIpc) is 2.48. The molecule has 20 heavy (non-hydrogen) atoms. The Bertz CT molecular complexity index is 619. The number of hydrogen-bond acceptors (Lipinski definition) is 1. The molecule has 0 heterocycles. The molecule has 0 aliphatic heterocycles. The number of rotatable bonds is 3. The molecule has 0 saturated carbocycles. The maximum Gasteiger partial charge on any atom is 0.258 e. The van der Waals surface area contributed by atoms with Crippen LogP contribution in [0.4, 0.5) is 5.69 Å². The predicted molar refractivity (Wildman–Crippen MR) is 87.4 cm³/mol. The zero-order valence-corrected chi connectivity index (χ0v) is 13.6. The van der Waals surface area contributed by atoms with Crippen molar-refractivity contribution in [3.05, 3.63) is 63.6 Å². The van der Waals surface area contributed by atoms with Gasteiger partial charge in [-0.2, -0.15) is 0 Å². The summed E-state index contributed by atoms with van der Waals surface area (Å²) in [6.07, 6.45) is 1.00. The third kappa shape index (κ3) is 3.10. The first-order valence-electron chi connectivity index (χ1n) is 6.66. The SMILES string of the molecule is CCc1ccc(N(C)C(=O)c2ccc(C)c(Br)c2)cc1. The van der Waals surface area contributed by atoms with E-state index < -0.39 is 0 Å². The molecule has 104 valence electrons. The molecule has 0 unspecified atom stereocenters. The first kappa shape index (κ1) is 14.8. The second kappa shape index (κ2) is 6.23. The van der Waals surface area contributed by atoms with E-state index in [0.29, 0.717) is 5.56 Å². The molecule has 0 saturated heterocycles. The van der Waals surface area contributed by atoms with Gasteiger partial charge in [0.05, 0.1) is 0 Å². The van der Waals surface area contributed by atoms with Gasteiger partial charge in [-0.3, -0.25) is 4.79 Å². The van der Waals surface area contributed by atoms with E-state index in [1.165, 1.54) is 5.56 Å². The third-order valence-corrected chi connectivity index (χ3v) is 4.31. The summed E-state index contributed by atoms with van der Waals surface area (Å²) in [5.74, 6) is -0.00468. The van der Waals surface area contributed by atoms with E-state index in [1.54, 1.807) is 11.9 Å². The molecule has 2 aromatic carbocycles. The van der Waals surface area contributed by atoms with Gasteiger partial charge in [-0.15, -0.1) is 0 Å². The molecular formula is C17H18BrNO. The van der Waals surface area contributed by atoms with Crippen LogP contribution < -0.4 is 4.90 Å². The van der Waals surface area contributed by atoms with Crippen molar-refractivity contribution in [3.63, 3.8) is 0 Å². The topological polar surface area (TPSA) is 20.3 Å². The van der Waals surface area contributed by atoms with Gasteiger partial charge in [-0.25, -0.2) is 0 Å². The summed E-state index contributed by atoms with van der Waals surface area (Å²) in [7, 11) is 1.80. The molecule has 0 radical (unpaired) electrons. The Hall–Kier alpha value is -1.61. The molecule has 0 aliphatic rings. The molecule has 0 aromatic heterocycles. The van der Waals surface area contributed by atoms with Gasteiger partial charge >= 0.3 is 0 Å². The van der Waals surface area contributed by atoms with Crippen molar-refractivity contribution in [1.82, 2.24) is 0 Å². The van der Waals surface area contributed by atoms with Crippen molar-refractivity contribution in [2.24, 2.45) is 0 Å². The summed E-state index contributed by atoms with van der Waals surface area (Å²) in [4.78, 5) is 14.1. The number of halogens is 1. The smallest absolute Gasteiger partial charge is 0.258 e. The second-order valence-electron chi connectivity index (χ2n) is 4.85. The molecule has 0 aliphatic carbocycles. The lowest BCUT2D eigenvalue weighted by atomic mass is 10.1. The normalized spacial score (nSPS) is 10.4. The average molecular weight is 332 g/mol. The van der Waals surface area contributed by atoms with E-state index in [1.807, 2.05) is 37.3 Å². The predicted octanol–water partition coefficient (Wildman–Crippen LogP) is 4.60. The highest BCUT2D eigenvalue weighted by molar-refractivity contribution is 9.10. The van der Waals surface area contributed by atoms with E-state index >= 15 is 0 Å². The zero-order chi connectivity index (χ0) is 14.7. The van der Waals surface area contributed by atoms with Gasteiger partial charge < -0.3 is 4.90 Å². The van der Waals surface area contributed by atoms with Crippen LogP contribution in [0, 0.1) is 6.92 Å². The second-order valence-corrected chi connectivity index (χ2v) is 5.70. The Labute approximate surface area is 128 Å². The van der Waals surface area contributed by atoms with Crippen LogP contribution in [0.3, 0.4) is 0 Å². The Morgan fingerprint density at radius 1 is 1.15 bits per heavy atom. The number of aryl methyl sites for hydroxylation is 2. The third-order valence-electron chi connectivity index (χ3n) is 3.46. The highest BCUT2D eigenvalue weighted by atomic mass is 79.9. The van der Waals surface area contributed by atoms with Crippen molar-refractivity contribution >= 4 is 27.5 Å². The fourth-order valence-corrected chi connectivity index (χ4v) is 2.37. The van der Waals surface area contributed by atoms with Crippen LogP contribution in [-0.4, -0.2) is 13.0 Å². The van der Waals surface area contributed by atoms with Crippen molar-refractivity contribution in [2.45, 2.75) is 20.3 Å². The van der Waals surface area contributed by atoms with Crippen LogP contribution in [0.1, 0.15) is 28.4 Å². The molecule has 1 amide bonds. The molecule has 0 spiro atoms. The van der Waals surface area contributed by atoms with E-state index in [-0.39, 0.29) is 5.91 Å². The number of carbonyl (C=O) groups excluding carboxylic acids is 1. The lowest BCUT2D eigenvalue weighted by molar-refractivity contribution is 0.0993. The van der Waals surface area contributed by atoms with Crippen molar-refractivity contribution in [3.8, 4) is 0 Å². The lowest BCUT2D eigenvalue weighted by Crippen LogP contribution is -2.26. The van der Waals surface area contributed by atoms with Crippen LogP contribution in [0.2, 0.25) is 0 Å². The number of hydrogen-bond donors (Lipinski definition) is 0. The monoisotopic (exact) mass is 331 g/mol. The first-order valence-corrected chi connectivity index (χ1v) is 7.45. The Balaban J connectivity index is 2.24. The quantitative estimate of drug-likeness (QED) is 0.805. The van der Waals surface area contributed by atoms with Gasteiger partial charge in [0.25, 0.3) is 5.91 Å². The van der Waals surface area contributed by atoms with Gasteiger partial charge in [-0.1, -0.05) is 41.1 Å². The summed E-state index contributed by atoms with van der Waals surface area (Å²) in [6.45, 7) is 4.12. The summed E-state index contributed by atoms with van der Waals surface area (Å²) >= 11 is 3.47. The summed E-state index contributed by atoms with van der Waals surface area (Å²) in [6, 6.07) is 13.8. The standard InChI is InChI=1S/C17H18BrNO/c1-4-13-6-9-15(10-7-13)19(3)17(20)14-8-5-12(2)16(18)11-14/h5-11H,4H2,1-3H3. The molecule has 2 rings (SSSR count). The summed E-state index contributed by atoms with van der Waals surface area (Å²) in [5.41, 5.74) is 3.98. The minimum absolute atomic E-state index is 0.00468. The highest BCUT2D eigenvalue weighted by Gasteiger charge is 2.14. The van der Waals surface area contributed by atoms with Crippen LogP contribution >= 0.6 is 15.9 Å². The first-order chi connectivity index (χ1) is 9.52. The van der Waals surface area contributed by atoms with Crippen molar-refractivity contribution < 1.29 is 4.79 Å². The van der Waals surface area contributed by atoms with E-state index in [9.17, 15) is 4.79 Å². The molecule has 2 nitrogen and oxygen atoms in total. The van der Waals surface area contributed by atoms with Gasteiger partial charge in [0.2, 0.25) is 0 Å². The highest BCUT2D eigenvalue weighted by Crippen LogP contribution is 2.21. The van der Waals surface area contributed by atoms with Crippen molar-refractivity contribution in [2.75, 3.05) is 11.9 Å². The van der Waals surface area contributed by atoms with Gasteiger partial charge in [0, 0.05) is 22.8 Å². The van der Waals surface area contributed by atoms with Crippen LogP contribution in [-0.2, 0) is 6.42 Å². The molecule has 2 aromatic rings. The van der Waals surface area contributed by atoms with Gasteiger partial charge in [-0.05, 0) is 48.7 Å². The van der Waals surface area contributed by atoms with Gasteiger partial charge in [0.15, 0.2) is 0 Å². The molecule has 3 heteroatoms. The largest absolute Gasteiger partial charge is 0.311 e.